The molecule has 0 saturated carbocycles. The number of nitrogens with zero attached hydrogens (tertiary/aromatic N) is 2. The molecule has 2 rings (SSSR count). The van der Waals surface area contributed by atoms with Gasteiger partial charge < -0.3 is 14.8 Å². The molecule has 4 nitrogen and oxygen atoms in total. The Morgan fingerprint density at radius 3 is 2.35 bits per heavy atom. The van der Waals surface area contributed by atoms with E-state index in [0.29, 0.717) is 6.54 Å². The van der Waals surface area contributed by atoms with E-state index >= 15 is 0 Å². The molecule has 1 amide bonds. The lowest BCUT2D eigenvalue weighted by Crippen LogP contribution is -2.28. The van der Waals surface area contributed by atoms with Gasteiger partial charge in [-0.25, -0.2) is 0 Å². The largest absolute Gasteiger partial charge is 0.352 e. The first-order valence-corrected chi connectivity index (χ1v) is 8.09. The smallest absolute Gasteiger partial charge is 0.253 e. The van der Waals surface area contributed by atoms with Gasteiger partial charge in [-0.05, 0) is 72.1 Å². The summed E-state index contributed by atoms with van der Waals surface area (Å²) in [6.07, 6.45) is 0.946. The van der Waals surface area contributed by atoms with Crippen molar-refractivity contribution in [3.05, 3.63) is 52.8 Å². The summed E-state index contributed by atoms with van der Waals surface area (Å²) < 4.78 is 2.13. The van der Waals surface area contributed by atoms with Crippen LogP contribution in [-0.4, -0.2) is 42.6 Å². The highest BCUT2D eigenvalue weighted by molar-refractivity contribution is 5.98. The van der Waals surface area contributed by atoms with Gasteiger partial charge in [0.2, 0.25) is 0 Å². The maximum atomic E-state index is 12.6. The fourth-order valence-electron chi connectivity index (χ4n) is 2.77. The van der Waals surface area contributed by atoms with Gasteiger partial charge in [0, 0.05) is 17.9 Å². The van der Waals surface area contributed by atoms with E-state index in [0.717, 1.165) is 41.2 Å². The molecule has 2 aromatic rings. The van der Waals surface area contributed by atoms with Gasteiger partial charge in [-0.3, -0.25) is 4.79 Å². The minimum absolute atomic E-state index is 0.00467. The van der Waals surface area contributed by atoms with Gasteiger partial charge in [0.25, 0.3) is 5.91 Å². The summed E-state index contributed by atoms with van der Waals surface area (Å²) in [4.78, 5) is 14.8. The minimum atomic E-state index is -0.00467. The lowest BCUT2D eigenvalue weighted by atomic mass is 10.1. The Bertz CT molecular complexity index is 666. The van der Waals surface area contributed by atoms with Crippen molar-refractivity contribution in [2.45, 2.75) is 27.2 Å². The Labute approximate surface area is 139 Å². The van der Waals surface area contributed by atoms with Crippen LogP contribution in [0.25, 0.3) is 5.69 Å². The third kappa shape index (κ3) is 4.23. The summed E-state index contributed by atoms with van der Waals surface area (Å²) in [5, 5.41) is 3.04. The lowest BCUT2D eigenvalue weighted by Gasteiger charge is -2.16. The first-order chi connectivity index (χ1) is 10.9. The zero-order chi connectivity index (χ0) is 17.0. The van der Waals surface area contributed by atoms with Crippen LogP contribution in [0, 0.1) is 20.8 Å². The molecule has 1 heterocycles. The van der Waals surface area contributed by atoms with E-state index < -0.39 is 0 Å². The molecule has 0 aliphatic rings. The molecule has 0 spiro atoms. The van der Waals surface area contributed by atoms with Crippen LogP contribution in [0.3, 0.4) is 0 Å². The average molecular weight is 313 g/mol. The first-order valence-electron chi connectivity index (χ1n) is 8.09. The number of carbonyl (C=O) groups excluding carboxylic acids is 1. The summed E-state index contributed by atoms with van der Waals surface area (Å²) in [6.45, 7) is 7.80. The van der Waals surface area contributed by atoms with Crippen molar-refractivity contribution in [2.24, 2.45) is 0 Å². The monoisotopic (exact) mass is 313 g/mol. The highest BCUT2D eigenvalue weighted by atomic mass is 16.1. The van der Waals surface area contributed by atoms with Crippen molar-refractivity contribution < 1.29 is 4.79 Å². The topological polar surface area (TPSA) is 37.3 Å². The molecule has 0 radical (unpaired) electrons. The molecular weight excluding hydrogens is 286 g/mol. The number of carbonyl (C=O) groups is 1. The molecule has 124 valence electrons. The Kier molecular flexibility index (Phi) is 5.61. The van der Waals surface area contributed by atoms with Crippen LogP contribution < -0.4 is 5.32 Å². The first kappa shape index (κ1) is 17.3. The molecule has 0 unspecified atom stereocenters. The number of amides is 1. The fraction of sp³-hybridized carbons (Fsp3) is 0.421. The number of aromatic nitrogens is 1. The molecule has 1 N–H and O–H groups in total. The van der Waals surface area contributed by atoms with Gasteiger partial charge in [-0.15, -0.1) is 0 Å². The van der Waals surface area contributed by atoms with Crippen LogP contribution in [-0.2, 0) is 0 Å². The second-order valence-corrected chi connectivity index (χ2v) is 6.38. The van der Waals surface area contributed by atoms with Crippen LogP contribution in [0.1, 0.15) is 33.7 Å². The number of benzene rings is 1. The van der Waals surface area contributed by atoms with E-state index in [4.69, 9.17) is 0 Å². The highest BCUT2D eigenvalue weighted by Gasteiger charge is 2.15. The van der Waals surface area contributed by atoms with Crippen molar-refractivity contribution in [3.8, 4) is 5.69 Å². The summed E-state index contributed by atoms with van der Waals surface area (Å²) >= 11 is 0. The van der Waals surface area contributed by atoms with E-state index in [1.807, 2.05) is 33.2 Å². The van der Waals surface area contributed by atoms with Crippen molar-refractivity contribution in [3.63, 3.8) is 0 Å². The molecule has 0 atom stereocenters. The fourth-order valence-corrected chi connectivity index (χ4v) is 2.77. The zero-order valence-corrected chi connectivity index (χ0v) is 14.8. The maximum Gasteiger partial charge on any atom is 0.253 e. The van der Waals surface area contributed by atoms with E-state index in [-0.39, 0.29) is 5.91 Å². The predicted octanol–water partition coefficient (Wildman–Crippen LogP) is 3.08. The third-order valence-corrected chi connectivity index (χ3v) is 3.98. The normalized spacial score (nSPS) is 11.0. The summed E-state index contributed by atoms with van der Waals surface area (Å²) in [5.41, 5.74) is 5.04. The van der Waals surface area contributed by atoms with Crippen LogP contribution in [0.4, 0.5) is 0 Å². The number of nitrogens with one attached hydrogen (secondary N) is 1. The van der Waals surface area contributed by atoms with Crippen molar-refractivity contribution in [2.75, 3.05) is 27.2 Å². The average Bonchev–Trinajstić information content (AvgIpc) is 2.82. The molecule has 0 aliphatic carbocycles. The van der Waals surface area contributed by atoms with Crippen LogP contribution in [0.5, 0.6) is 0 Å². The number of hydrogen-bond donors (Lipinski definition) is 1. The molecular formula is C19H27N3O. The predicted molar refractivity (Wildman–Crippen MR) is 95.5 cm³/mol. The lowest BCUT2D eigenvalue weighted by molar-refractivity contribution is 0.0952. The molecule has 4 heteroatoms. The van der Waals surface area contributed by atoms with Gasteiger partial charge in [-0.2, -0.15) is 0 Å². The Morgan fingerprint density at radius 2 is 1.74 bits per heavy atom. The molecule has 0 bridgehead atoms. The Hall–Kier alpha value is -2.07. The van der Waals surface area contributed by atoms with E-state index in [1.165, 1.54) is 0 Å². The minimum Gasteiger partial charge on any atom is -0.352 e. The van der Waals surface area contributed by atoms with Gasteiger partial charge >= 0.3 is 0 Å². The van der Waals surface area contributed by atoms with E-state index in [1.54, 1.807) is 0 Å². The standard InChI is InChI=1S/C19H27N3O/c1-14-7-10-18(22-15(2)8-9-16(22)3)17(13-14)19(23)20-11-6-12-21(4)5/h7-10,13H,6,11-12H2,1-5H3,(H,20,23). The Balaban J connectivity index is 2.24. The maximum absolute atomic E-state index is 12.6. The number of aryl methyl sites for hydroxylation is 3. The summed E-state index contributed by atoms with van der Waals surface area (Å²) in [6, 6.07) is 10.2. The van der Waals surface area contributed by atoms with Crippen molar-refractivity contribution >= 4 is 5.91 Å². The van der Waals surface area contributed by atoms with Crippen molar-refractivity contribution in [1.82, 2.24) is 14.8 Å². The van der Waals surface area contributed by atoms with Crippen molar-refractivity contribution in [1.29, 1.82) is 0 Å². The second-order valence-electron chi connectivity index (χ2n) is 6.38. The van der Waals surface area contributed by atoms with Crippen LogP contribution in [0.15, 0.2) is 30.3 Å². The molecule has 23 heavy (non-hydrogen) atoms. The molecule has 0 saturated heterocycles. The number of rotatable bonds is 6. The van der Waals surface area contributed by atoms with E-state index in [9.17, 15) is 4.79 Å². The molecule has 0 fully saturated rings. The third-order valence-electron chi connectivity index (χ3n) is 3.98. The SMILES string of the molecule is Cc1ccc(-n2c(C)ccc2C)c(C(=O)NCCCN(C)C)c1. The van der Waals surface area contributed by atoms with Gasteiger partial charge in [0.15, 0.2) is 0 Å². The molecule has 1 aromatic carbocycles. The van der Waals surface area contributed by atoms with Crippen LogP contribution in [0.2, 0.25) is 0 Å². The Morgan fingerprint density at radius 1 is 1.09 bits per heavy atom. The van der Waals surface area contributed by atoms with Gasteiger partial charge in [0.1, 0.15) is 0 Å². The zero-order valence-electron chi connectivity index (χ0n) is 14.8. The molecule has 1 aromatic heterocycles. The summed E-state index contributed by atoms with van der Waals surface area (Å²) in [7, 11) is 4.08. The summed E-state index contributed by atoms with van der Waals surface area (Å²) in [5.74, 6) is -0.00467. The van der Waals surface area contributed by atoms with Crippen LogP contribution >= 0.6 is 0 Å². The second kappa shape index (κ2) is 7.47. The van der Waals surface area contributed by atoms with Gasteiger partial charge in [-0.1, -0.05) is 11.6 Å². The van der Waals surface area contributed by atoms with E-state index in [2.05, 4.69) is 46.8 Å². The molecule has 0 aliphatic heterocycles. The quantitative estimate of drug-likeness (QED) is 0.832. The highest BCUT2D eigenvalue weighted by Crippen LogP contribution is 2.21. The van der Waals surface area contributed by atoms with Gasteiger partial charge in [0.05, 0.1) is 11.3 Å². The number of hydrogen-bond acceptors (Lipinski definition) is 2.